The van der Waals surface area contributed by atoms with Gasteiger partial charge in [-0.25, -0.2) is 4.79 Å². The molecule has 118 valence electrons. The minimum Gasteiger partial charge on any atom is -0.433 e. The number of nitrogens with zero attached hydrogens (tertiary/aromatic N) is 1. The van der Waals surface area contributed by atoms with Crippen LogP contribution in [0, 0.1) is 0 Å². The van der Waals surface area contributed by atoms with Crippen molar-refractivity contribution in [1.82, 2.24) is 4.90 Å². The number of amides is 1. The molecule has 0 aliphatic carbocycles. The Kier molecular flexibility index (Phi) is 3.83. The smallest absolute Gasteiger partial charge is 0.415 e. The van der Waals surface area contributed by atoms with Crippen LogP contribution in [-0.4, -0.2) is 29.1 Å². The molecule has 2 unspecified atom stereocenters. The van der Waals surface area contributed by atoms with Crippen LogP contribution < -0.4 is 0 Å². The van der Waals surface area contributed by atoms with E-state index in [0.29, 0.717) is 18.7 Å². The summed E-state index contributed by atoms with van der Waals surface area (Å²) in [5.41, 5.74) is 1.05. The minimum absolute atomic E-state index is 0.113. The molecule has 5 nitrogen and oxygen atoms in total. The molecule has 0 radical (unpaired) electrons. The maximum absolute atomic E-state index is 12.4. The van der Waals surface area contributed by atoms with Crippen LogP contribution in [-0.2, 0) is 20.8 Å². The number of benzene rings is 1. The van der Waals surface area contributed by atoms with Crippen molar-refractivity contribution in [2.75, 3.05) is 0 Å². The van der Waals surface area contributed by atoms with Crippen molar-refractivity contribution in [1.29, 1.82) is 0 Å². The normalized spacial score (nSPS) is 27.3. The zero-order chi connectivity index (χ0) is 15.7. The first-order chi connectivity index (χ1) is 10.5. The van der Waals surface area contributed by atoms with Gasteiger partial charge in [0.1, 0.15) is 6.04 Å². The highest BCUT2D eigenvalue weighted by molar-refractivity contribution is 5.71. The van der Waals surface area contributed by atoms with Crippen molar-refractivity contribution < 1.29 is 19.0 Å². The van der Waals surface area contributed by atoms with Crippen molar-refractivity contribution >= 4 is 6.09 Å². The fourth-order valence-electron chi connectivity index (χ4n) is 2.88. The molecule has 5 heteroatoms. The molecular weight excluding hydrogens is 282 g/mol. The Morgan fingerprint density at radius 1 is 1.32 bits per heavy atom. The van der Waals surface area contributed by atoms with Gasteiger partial charge in [-0.3, -0.25) is 4.90 Å². The Morgan fingerprint density at radius 2 is 2.05 bits per heavy atom. The van der Waals surface area contributed by atoms with E-state index in [-0.39, 0.29) is 12.1 Å². The fraction of sp³-hybridized carbons (Fsp3) is 0.471. The molecule has 2 heterocycles. The molecule has 1 aromatic rings. The van der Waals surface area contributed by atoms with Crippen LogP contribution in [0.4, 0.5) is 4.79 Å². The Hall–Kier alpha value is -2.01. The quantitative estimate of drug-likeness (QED) is 0.855. The van der Waals surface area contributed by atoms with E-state index in [9.17, 15) is 4.79 Å². The van der Waals surface area contributed by atoms with Gasteiger partial charge in [0.2, 0.25) is 0 Å². The maximum Gasteiger partial charge on any atom is 0.415 e. The summed E-state index contributed by atoms with van der Waals surface area (Å²) in [5, 5.41) is 0. The molecule has 1 amide bonds. The SMILES string of the molecule is CC1=CCC2N(Cc3ccccc3)C(=O)OC2(OC(C)C)O1. The van der Waals surface area contributed by atoms with Crippen molar-refractivity contribution in [3.63, 3.8) is 0 Å². The van der Waals surface area contributed by atoms with E-state index in [1.54, 1.807) is 4.90 Å². The highest BCUT2D eigenvalue weighted by Crippen LogP contribution is 2.40. The molecule has 2 aliphatic heterocycles. The zero-order valence-electron chi connectivity index (χ0n) is 13.1. The molecule has 1 saturated heterocycles. The van der Waals surface area contributed by atoms with E-state index in [0.717, 1.165) is 5.56 Å². The number of hydrogen-bond donors (Lipinski definition) is 0. The summed E-state index contributed by atoms with van der Waals surface area (Å²) < 4.78 is 17.2. The molecule has 2 atom stereocenters. The summed E-state index contributed by atoms with van der Waals surface area (Å²) >= 11 is 0. The summed E-state index contributed by atoms with van der Waals surface area (Å²) in [5.74, 6) is -0.620. The number of hydrogen-bond acceptors (Lipinski definition) is 4. The molecule has 0 N–H and O–H groups in total. The zero-order valence-corrected chi connectivity index (χ0v) is 13.1. The van der Waals surface area contributed by atoms with Crippen LogP contribution in [0.5, 0.6) is 0 Å². The van der Waals surface area contributed by atoms with E-state index in [4.69, 9.17) is 14.2 Å². The third kappa shape index (κ3) is 2.68. The minimum atomic E-state index is -1.33. The van der Waals surface area contributed by atoms with E-state index >= 15 is 0 Å². The number of carbonyl (C=O) groups excluding carboxylic acids is 1. The molecule has 1 aromatic carbocycles. The van der Waals surface area contributed by atoms with Gasteiger partial charge in [0.05, 0.1) is 11.9 Å². The van der Waals surface area contributed by atoms with Gasteiger partial charge in [-0.2, -0.15) is 0 Å². The average Bonchev–Trinajstić information content (AvgIpc) is 2.70. The lowest BCUT2D eigenvalue weighted by molar-refractivity contribution is -0.354. The lowest BCUT2D eigenvalue weighted by Gasteiger charge is -2.37. The monoisotopic (exact) mass is 303 g/mol. The third-order valence-corrected chi connectivity index (χ3v) is 3.78. The first kappa shape index (κ1) is 14.9. The van der Waals surface area contributed by atoms with Gasteiger partial charge < -0.3 is 14.2 Å². The Morgan fingerprint density at radius 3 is 2.73 bits per heavy atom. The van der Waals surface area contributed by atoms with Crippen molar-refractivity contribution in [2.24, 2.45) is 0 Å². The number of ether oxygens (including phenoxy) is 3. The summed E-state index contributed by atoms with van der Waals surface area (Å²) in [6, 6.07) is 9.55. The molecule has 0 spiro atoms. The van der Waals surface area contributed by atoms with Crippen molar-refractivity contribution in [2.45, 2.75) is 51.9 Å². The van der Waals surface area contributed by atoms with Gasteiger partial charge in [0.25, 0.3) is 0 Å². The lowest BCUT2D eigenvalue weighted by Crippen LogP contribution is -2.51. The van der Waals surface area contributed by atoms with Gasteiger partial charge in [0.15, 0.2) is 0 Å². The first-order valence-electron chi connectivity index (χ1n) is 7.57. The Labute approximate surface area is 130 Å². The predicted molar refractivity (Wildman–Crippen MR) is 80.7 cm³/mol. The fourth-order valence-corrected chi connectivity index (χ4v) is 2.88. The van der Waals surface area contributed by atoms with Crippen molar-refractivity contribution in [3.8, 4) is 0 Å². The lowest BCUT2D eigenvalue weighted by atomic mass is 10.1. The van der Waals surface area contributed by atoms with Gasteiger partial charge in [-0.05, 0) is 38.8 Å². The number of carbonyl (C=O) groups is 1. The summed E-state index contributed by atoms with van der Waals surface area (Å²) in [7, 11) is 0. The largest absolute Gasteiger partial charge is 0.433 e. The van der Waals surface area contributed by atoms with E-state index < -0.39 is 12.1 Å². The van der Waals surface area contributed by atoms with Gasteiger partial charge >= 0.3 is 12.1 Å². The summed E-state index contributed by atoms with van der Waals surface area (Å²) in [4.78, 5) is 14.0. The van der Waals surface area contributed by atoms with E-state index in [1.165, 1.54) is 0 Å². The number of fused-ring (bicyclic) bond motifs is 1. The topological polar surface area (TPSA) is 48.0 Å². The standard InChI is InChI=1S/C17H21NO4/c1-12(2)20-17-15(10-9-13(3)21-17)18(16(19)22-17)11-14-7-5-4-6-8-14/h4-9,12,15H,10-11H2,1-3H3. The van der Waals surface area contributed by atoms with Crippen LogP contribution in [0.2, 0.25) is 0 Å². The highest BCUT2D eigenvalue weighted by atomic mass is 16.9. The van der Waals surface area contributed by atoms with Crippen molar-refractivity contribution in [3.05, 3.63) is 47.7 Å². The maximum atomic E-state index is 12.4. The second-order valence-corrected chi connectivity index (χ2v) is 5.92. The average molecular weight is 303 g/mol. The van der Waals surface area contributed by atoms with Crippen LogP contribution in [0.1, 0.15) is 32.8 Å². The highest BCUT2D eigenvalue weighted by Gasteiger charge is 2.59. The molecule has 2 aliphatic rings. The Balaban J connectivity index is 1.88. The molecule has 3 rings (SSSR count). The number of rotatable bonds is 4. The van der Waals surface area contributed by atoms with E-state index in [2.05, 4.69) is 0 Å². The van der Waals surface area contributed by atoms with Crippen LogP contribution >= 0.6 is 0 Å². The van der Waals surface area contributed by atoms with Gasteiger partial charge in [-0.1, -0.05) is 30.3 Å². The third-order valence-electron chi connectivity index (χ3n) is 3.78. The van der Waals surface area contributed by atoms with Crippen LogP contribution in [0.3, 0.4) is 0 Å². The number of allylic oxidation sites excluding steroid dienone is 1. The molecule has 1 fully saturated rings. The van der Waals surface area contributed by atoms with E-state index in [1.807, 2.05) is 57.2 Å². The molecule has 0 saturated carbocycles. The van der Waals surface area contributed by atoms with Crippen LogP contribution in [0.15, 0.2) is 42.2 Å². The predicted octanol–water partition coefficient (Wildman–Crippen LogP) is 3.41. The second-order valence-electron chi connectivity index (χ2n) is 5.92. The molecule has 0 aromatic heterocycles. The van der Waals surface area contributed by atoms with Crippen LogP contribution in [0.25, 0.3) is 0 Å². The van der Waals surface area contributed by atoms with Gasteiger partial charge in [-0.15, -0.1) is 0 Å². The Bertz CT molecular complexity index is 584. The second kappa shape index (κ2) is 5.65. The summed E-state index contributed by atoms with van der Waals surface area (Å²) in [6.45, 7) is 6.12. The first-order valence-corrected chi connectivity index (χ1v) is 7.57. The molecule has 0 bridgehead atoms. The molecular formula is C17H21NO4. The van der Waals surface area contributed by atoms with Gasteiger partial charge in [0, 0.05) is 6.54 Å². The molecule has 22 heavy (non-hydrogen) atoms. The summed E-state index contributed by atoms with van der Waals surface area (Å²) in [6.07, 6.45) is 2.10.